The maximum absolute atomic E-state index is 10.3. The quantitative estimate of drug-likeness (QED) is 0.160. The second-order valence-electron chi connectivity index (χ2n) is 8.61. The molecule has 3 aliphatic rings. The van der Waals surface area contributed by atoms with Gasteiger partial charge in [0.2, 0.25) is 0 Å². The Labute approximate surface area is 192 Å². The number of aliphatic hydroxyl groups excluding tert-OH is 11. The summed E-state index contributed by atoms with van der Waals surface area (Å²) in [7, 11) is 0. The molecule has 0 amide bonds. The third kappa shape index (κ3) is 5.23. The largest absolute Gasteiger partial charge is 0.394 e. The summed E-state index contributed by atoms with van der Waals surface area (Å²) in [6.07, 6.45) is -24.6. The lowest BCUT2D eigenvalue weighted by Crippen LogP contribution is -2.66. The number of ether oxygens (including phenoxy) is 5. The molecule has 0 spiro atoms. The summed E-state index contributed by atoms with van der Waals surface area (Å²) in [5.74, 6) is -2.09. The molecule has 3 saturated heterocycles. The van der Waals surface area contributed by atoms with Crippen molar-refractivity contribution in [2.75, 3.05) is 13.2 Å². The maximum Gasteiger partial charge on any atom is 0.197 e. The van der Waals surface area contributed by atoms with Gasteiger partial charge in [-0.2, -0.15) is 0 Å². The Kier molecular flexibility index (Phi) is 8.85. The van der Waals surface area contributed by atoms with E-state index in [9.17, 15) is 56.2 Å². The molecule has 0 saturated carbocycles. The highest BCUT2D eigenvalue weighted by atomic mass is 16.8. The molecule has 3 unspecified atom stereocenters. The molecule has 0 aliphatic carbocycles. The second-order valence-corrected chi connectivity index (χ2v) is 8.61. The number of rotatable bonds is 6. The second kappa shape index (κ2) is 10.8. The summed E-state index contributed by atoms with van der Waals surface area (Å²) >= 11 is 0. The average Bonchev–Trinajstić information content (AvgIpc) is 2.80. The Balaban J connectivity index is 1.70. The SMILES string of the molecule is C[C@]1(OC[C@H]2O[C@@H](O[C@H]3[C@H](O)C(O)C(O)O[C@@H]3CO)[C@H](O)[C@@H](O)[C@H]2O)OC(O)[C@@H](O)[C@H](O)[C@@H]1O. The Morgan fingerprint density at radius 1 is 0.676 bits per heavy atom. The van der Waals surface area contributed by atoms with Crippen LogP contribution in [0.2, 0.25) is 0 Å². The summed E-state index contributed by atoms with van der Waals surface area (Å²) in [6.45, 7) is -0.308. The van der Waals surface area contributed by atoms with Crippen molar-refractivity contribution >= 4 is 0 Å². The normalized spacial score (nSPS) is 54.7. The van der Waals surface area contributed by atoms with Crippen molar-refractivity contribution in [1.29, 1.82) is 0 Å². The van der Waals surface area contributed by atoms with Crippen molar-refractivity contribution in [3.05, 3.63) is 0 Å². The summed E-state index contributed by atoms with van der Waals surface area (Å²) in [5.41, 5.74) is 0. The molecule has 11 N–H and O–H groups in total. The molecule has 3 aliphatic heterocycles. The first-order valence-electron chi connectivity index (χ1n) is 10.5. The lowest BCUT2D eigenvalue weighted by atomic mass is 9.96. The smallest absolute Gasteiger partial charge is 0.197 e. The molecule has 15 atom stereocenters. The molecule has 3 rings (SSSR count). The van der Waals surface area contributed by atoms with Crippen LogP contribution in [-0.2, 0) is 23.7 Å². The molecular weight excluding hydrogens is 472 g/mol. The molecule has 0 radical (unpaired) electrons. The molecule has 3 heterocycles. The summed E-state index contributed by atoms with van der Waals surface area (Å²) in [5, 5.41) is 109. The first kappa shape index (κ1) is 27.9. The maximum atomic E-state index is 10.3. The third-order valence-corrected chi connectivity index (χ3v) is 6.19. The van der Waals surface area contributed by atoms with Crippen molar-refractivity contribution in [1.82, 2.24) is 0 Å². The van der Waals surface area contributed by atoms with E-state index in [-0.39, 0.29) is 0 Å². The number of hydrogen-bond donors (Lipinski definition) is 11. The van der Waals surface area contributed by atoms with Gasteiger partial charge in [0.05, 0.1) is 13.2 Å². The standard InChI is InChI=1S/C18H32O16/c1-18(14(27)9(23)11(25)16(29)34-18)30-3-5-6(20)7(21)12(26)17(32-5)33-13-4(2-19)31-15(28)10(24)8(13)22/h4-17,19-29H,2-3H2,1H3/t4-,5-,6+,7+,8-,9+,10?,11+,12-,13-,14+,15?,16?,17+,18+/m1/s1. The fraction of sp³-hybridized carbons (Fsp3) is 1.00. The van der Waals surface area contributed by atoms with Gasteiger partial charge in [-0.15, -0.1) is 0 Å². The van der Waals surface area contributed by atoms with Gasteiger partial charge in [0, 0.05) is 0 Å². The Morgan fingerprint density at radius 3 is 1.91 bits per heavy atom. The lowest BCUT2D eigenvalue weighted by Gasteiger charge is -2.47. The minimum absolute atomic E-state index is 0.664. The Bertz CT molecular complexity index is 668. The Hall–Kier alpha value is -0.640. The van der Waals surface area contributed by atoms with Gasteiger partial charge >= 0.3 is 0 Å². The van der Waals surface area contributed by atoms with Crippen LogP contribution in [0.15, 0.2) is 0 Å². The molecule has 16 nitrogen and oxygen atoms in total. The van der Waals surface area contributed by atoms with Gasteiger partial charge in [0.25, 0.3) is 0 Å². The van der Waals surface area contributed by atoms with Crippen molar-refractivity contribution in [3.63, 3.8) is 0 Å². The molecular formula is C18H32O16. The molecule has 34 heavy (non-hydrogen) atoms. The van der Waals surface area contributed by atoms with Crippen LogP contribution in [0.3, 0.4) is 0 Å². The topological polar surface area (TPSA) is 269 Å². The van der Waals surface area contributed by atoms with E-state index < -0.39 is 105 Å². The zero-order valence-corrected chi connectivity index (χ0v) is 18.0. The highest BCUT2D eigenvalue weighted by Crippen LogP contribution is 2.33. The first-order chi connectivity index (χ1) is 15.8. The van der Waals surface area contributed by atoms with Gasteiger partial charge < -0.3 is 79.9 Å². The number of hydrogen-bond acceptors (Lipinski definition) is 16. The van der Waals surface area contributed by atoms with Gasteiger partial charge in [-0.25, -0.2) is 0 Å². The van der Waals surface area contributed by atoms with E-state index in [0.717, 1.165) is 6.92 Å². The van der Waals surface area contributed by atoms with Crippen LogP contribution < -0.4 is 0 Å². The molecule has 0 aromatic heterocycles. The first-order valence-corrected chi connectivity index (χ1v) is 10.5. The molecule has 0 aromatic carbocycles. The van der Waals surface area contributed by atoms with E-state index >= 15 is 0 Å². The van der Waals surface area contributed by atoms with E-state index in [1.165, 1.54) is 0 Å². The van der Waals surface area contributed by atoms with Crippen molar-refractivity contribution in [3.8, 4) is 0 Å². The predicted octanol–water partition coefficient (Wildman–Crippen LogP) is -7.23. The monoisotopic (exact) mass is 504 g/mol. The predicted molar refractivity (Wildman–Crippen MR) is 101 cm³/mol. The van der Waals surface area contributed by atoms with Crippen LogP contribution in [0, 0.1) is 0 Å². The molecule has 0 bridgehead atoms. The fourth-order valence-corrected chi connectivity index (χ4v) is 3.97. The summed E-state index contributed by atoms with van der Waals surface area (Å²) in [6, 6.07) is 0. The van der Waals surface area contributed by atoms with Crippen LogP contribution in [-0.4, -0.2) is 161 Å². The van der Waals surface area contributed by atoms with Crippen molar-refractivity contribution in [2.24, 2.45) is 0 Å². The van der Waals surface area contributed by atoms with E-state index in [1.54, 1.807) is 0 Å². The van der Waals surface area contributed by atoms with Crippen molar-refractivity contribution < 1.29 is 79.9 Å². The van der Waals surface area contributed by atoms with E-state index in [2.05, 4.69) is 0 Å². The molecule has 16 heteroatoms. The fourth-order valence-electron chi connectivity index (χ4n) is 3.97. The molecule has 0 aromatic rings. The third-order valence-electron chi connectivity index (χ3n) is 6.19. The van der Waals surface area contributed by atoms with Gasteiger partial charge in [-0.1, -0.05) is 0 Å². The van der Waals surface area contributed by atoms with E-state index in [4.69, 9.17) is 23.7 Å². The van der Waals surface area contributed by atoms with Crippen LogP contribution in [0.5, 0.6) is 0 Å². The van der Waals surface area contributed by atoms with Crippen LogP contribution in [0.1, 0.15) is 6.92 Å². The van der Waals surface area contributed by atoms with Crippen LogP contribution in [0.4, 0.5) is 0 Å². The van der Waals surface area contributed by atoms with Crippen LogP contribution >= 0.6 is 0 Å². The van der Waals surface area contributed by atoms with Crippen molar-refractivity contribution in [2.45, 2.75) is 98.7 Å². The van der Waals surface area contributed by atoms with Crippen LogP contribution in [0.25, 0.3) is 0 Å². The molecule has 3 fully saturated rings. The summed E-state index contributed by atoms with van der Waals surface area (Å²) in [4.78, 5) is 0. The number of aliphatic hydroxyl groups is 11. The van der Waals surface area contributed by atoms with Gasteiger partial charge in [0.1, 0.15) is 67.1 Å². The average molecular weight is 504 g/mol. The van der Waals surface area contributed by atoms with E-state index in [1.807, 2.05) is 0 Å². The zero-order valence-electron chi connectivity index (χ0n) is 18.0. The highest BCUT2D eigenvalue weighted by molar-refractivity contribution is 4.95. The van der Waals surface area contributed by atoms with E-state index in [0.29, 0.717) is 0 Å². The zero-order chi connectivity index (χ0) is 25.5. The minimum Gasteiger partial charge on any atom is -0.394 e. The highest BCUT2D eigenvalue weighted by Gasteiger charge is 2.54. The van der Waals surface area contributed by atoms with Gasteiger partial charge in [-0.3, -0.25) is 0 Å². The minimum atomic E-state index is -2.09. The lowest BCUT2D eigenvalue weighted by molar-refractivity contribution is -0.400. The summed E-state index contributed by atoms with van der Waals surface area (Å²) < 4.78 is 26.2. The van der Waals surface area contributed by atoms with Gasteiger partial charge in [-0.05, 0) is 6.92 Å². The molecule has 200 valence electrons. The Morgan fingerprint density at radius 2 is 1.29 bits per heavy atom. The van der Waals surface area contributed by atoms with Gasteiger partial charge in [0.15, 0.2) is 24.7 Å².